The summed E-state index contributed by atoms with van der Waals surface area (Å²) in [4.78, 5) is 0.298. The van der Waals surface area contributed by atoms with Gasteiger partial charge in [0.2, 0.25) is 10.0 Å². The highest BCUT2D eigenvalue weighted by molar-refractivity contribution is 7.89. The van der Waals surface area contributed by atoms with Crippen molar-refractivity contribution in [2.75, 3.05) is 52.4 Å². The number of nitrogens with zero attached hydrogens (tertiary/aromatic N) is 3. The van der Waals surface area contributed by atoms with Crippen molar-refractivity contribution in [2.45, 2.75) is 24.8 Å². The van der Waals surface area contributed by atoms with Gasteiger partial charge < -0.3 is 19.5 Å². The number of aryl methyl sites for hydroxylation is 1. The largest absolute Gasteiger partial charge is 0.497 e. The van der Waals surface area contributed by atoms with Crippen LogP contribution >= 0.6 is 0 Å². The molecule has 1 N–H and O–H groups in total. The fraction of sp³-hybridized carbons (Fsp3) is 0.400. The first kappa shape index (κ1) is 25.2. The highest BCUT2D eigenvalue weighted by Crippen LogP contribution is 2.28. The van der Waals surface area contributed by atoms with E-state index in [4.69, 9.17) is 19.3 Å². The van der Waals surface area contributed by atoms with Gasteiger partial charge in [0, 0.05) is 38.5 Å². The zero-order valence-electron chi connectivity index (χ0n) is 20.4. The molecule has 0 saturated carbocycles. The standard InChI is InChI=1S/C25H32N4O5S/c1-19-7-8-21(16-25(19)35(30,31)29-10-13-34-14-11-29)26-24-18-28(27-23(24)9-12-32-2)17-20-5-4-6-22(15-20)33-3/h4-8,15-16,18,26H,9-14,17H2,1-3H3. The number of benzene rings is 2. The van der Waals surface area contributed by atoms with Gasteiger partial charge in [-0.3, -0.25) is 4.68 Å². The Hall–Kier alpha value is -2.92. The van der Waals surface area contributed by atoms with Crippen LogP contribution in [0.2, 0.25) is 0 Å². The summed E-state index contributed by atoms with van der Waals surface area (Å²) in [6.45, 7) is 4.44. The minimum absolute atomic E-state index is 0.298. The van der Waals surface area contributed by atoms with Crippen LogP contribution in [0.15, 0.2) is 53.6 Å². The Kier molecular flexibility index (Phi) is 8.07. The van der Waals surface area contributed by atoms with Crippen LogP contribution in [0.3, 0.4) is 0 Å². The molecule has 0 spiro atoms. The van der Waals surface area contributed by atoms with Crippen LogP contribution in [0.5, 0.6) is 5.75 Å². The maximum absolute atomic E-state index is 13.3. The predicted molar refractivity (Wildman–Crippen MR) is 134 cm³/mol. The van der Waals surface area contributed by atoms with Crippen LogP contribution in [0.25, 0.3) is 0 Å². The summed E-state index contributed by atoms with van der Waals surface area (Å²) >= 11 is 0. The second-order valence-corrected chi connectivity index (χ2v) is 10.3. The highest BCUT2D eigenvalue weighted by Gasteiger charge is 2.28. The molecule has 0 amide bonds. The van der Waals surface area contributed by atoms with Gasteiger partial charge in [-0.25, -0.2) is 8.42 Å². The molecular weight excluding hydrogens is 468 g/mol. The highest BCUT2D eigenvalue weighted by atomic mass is 32.2. The lowest BCUT2D eigenvalue weighted by atomic mass is 10.2. The van der Waals surface area contributed by atoms with Crippen LogP contribution < -0.4 is 10.1 Å². The van der Waals surface area contributed by atoms with Gasteiger partial charge in [-0.2, -0.15) is 9.40 Å². The van der Waals surface area contributed by atoms with E-state index in [-0.39, 0.29) is 0 Å². The normalized spacial score (nSPS) is 14.7. The van der Waals surface area contributed by atoms with Crippen molar-refractivity contribution in [3.63, 3.8) is 0 Å². The molecule has 0 unspecified atom stereocenters. The molecule has 3 aromatic rings. The number of morpholine rings is 1. The smallest absolute Gasteiger partial charge is 0.243 e. The van der Waals surface area contributed by atoms with Gasteiger partial charge in [-0.05, 0) is 42.3 Å². The minimum Gasteiger partial charge on any atom is -0.497 e. The number of ether oxygens (including phenoxy) is 3. The molecule has 1 aliphatic rings. The average molecular weight is 501 g/mol. The lowest BCUT2D eigenvalue weighted by molar-refractivity contribution is 0.0730. The van der Waals surface area contributed by atoms with E-state index in [0.29, 0.717) is 62.0 Å². The number of nitrogens with one attached hydrogen (secondary N) is 1. The van der Waals surface area contributed by atoms with Gasteiger partial charge >= 0.3 is 0 Å². The number of hydrogen-bond acceptors (Lipinski definition) is 7. The predicted octanol–water partition coefficient (Wildman–Crippen LogP) is 3.20. The van der Waals surface area contributed by atoms with E-state index in [1.54, 1.807) is 20.3 Å². The Morgan fingerprint density at radius 3 is 2.66 bits per heavy atom. The molecule has 1 aliphatic heterocycles. The molecule has 0 aliphatic carbocycles. The van der Waals surface area contributed by atoms with E-state index in [1.165, 1.54) is 4.31 Å². The van der Waals surface area contributed by atoms with E-state index in [1.807, 2.05) is 54.2 Å². The van der Waals surface area contributed by atoms with Crippen molar-refractivity contribution in [1.82, 2.24) is 14.1 Å². The maximum Gasteiger partial charge on any atom is 0.243 e. The van der Waals surface area contributed by atoms with Crippen molar-refractivity contribution >= 4 is 21.4 Å². The number of aromatic nitrogens is 2. The molecular formula is C25H32N4O5S. The first-order valence-electron chi connectivity index (χ1n) is 11.5. The first-order chi connectivity index (χ1) is 16.9. The van der Waals surface area contributed by atoms with E-state index >= 15 is 0 Å². The summed E-state index contributed by atoms with van der Waals surface area (Å²) in [5.41, 5.74) is 4.10. The van der Waals surface area contributed by atoms with Crippen LogP contribution in [0.4, 0.5) is 11.4 Å². The van der Waals surface area contributed by atoms with E-state index in [2.05, 4.69) is 5.32 Å². The molecule has 1 saturated heterocycles. The molecule has 2 heterocycles. The zero-order valence-corrected chi connectivity index (χ0v) is 21.2. The van der Waals surface area contributed by atoms with Gasteiger partial charge in [0.25, 0.3) is 0 Å². The molecule has 0 radical (unpaired) electrons. The number of hydrogen-bond donors (Lipinski definition) is 1. The van der Waals surface area contributed by atoms with Crippen molar-refractivity contribution in [3.05, 3.63) is 65.5 Å². The molecule has 1 aromatic heterocycles. The summed E-state index contributed by atoms with van der Waals surface area (Å²) in [5.74, 6) is 0.793. The number of anilines is 2. The second kappa shape index (κ2) is 11.2. The van der Waals surface area contributed by atoms with Crippen molar-refractivity contribution in [2.24, 2.45) is 0 Å². The Bertz CT molecular complexity index is 1250. The molecule has 188 valence electrons. The van der Waals surface area contributed by atoms with Gasteiger partial charge in [0.15, 0.2) is 0 Å². The summed E-state index contributed by atoms with van der Waals surface area (Å²) in [5, 5.41) is 8.13. The molecule has 0 bridgehead atoms. The third-order valence-electron chi connectivity index (χ3n) is 5.91. The Morgan fingerprint density at radius 2 is 1.91 bits per heavy atom. The topological polar surface area (TPSA) is 94.9 Å². The third-order valence-corrected chi connectivity index (χ3v) is 7.96. The van der Waals surface area contributed by atoms with Crippen LogP contribution in [0.1, 0.15) is 16.8 Å². The molecule has 2 aromatic carbocycles. The van der Waals surface area contributed by atoms with Crippen LogP contribution in [0, 0.1) is 6.92 Å². The molecule has 35 heavy (non-hydrogen) atoms. The Morgan fingerprint density at radius 1 is 1.11 bits per heavy atom. The van der Waals surface area contributed by atoms with Gasteiger partial charge in [-0.1, -0.05) is 18.2 Å². The number of sulfonamides is 1. The second-order valence-electron chi connectivity index (χ2n) is 8.40. The summed E-state index contributed by atoms with van der Waals surface area (Å²) in [6, 6.07) is 13.3. The first-order valence-corrected chi connectivity index (χ1v) is 13.0. The van der Waals surface area contributed by atoms with Crippen molar-refractivity contribution < 1.29 is 22.6 Å². The fourth-order valence-electron chi connectivity index (χ4n) is 4.03. The minimum atomic E-state index is -3.61. The lowest BCUT2D eigenvalue weighted by Gasteiger charge is -2.27. The van der Waals surface area contributed by atoms with E-state index < -0.39 is 10.0 Å². The molecule has 10 heteroatoms. The monoisotopic (exact) mass is 500 g/mol. The molecule has 1 fully saturated rings. The average Bonchev–Trinajstić information content (AvgIpc) is 3.24. The van der Waals surface area contributed by atoms with Gasteiger partial charge in [0.1, 0.15) is 5.75 Å². The summed E-state index contributed by atoms with van der Waals surface area (Å²) < 4.78 is 45.8. The lowest BCUT2D eigenvalue weighted by Crippen LogP contribution is -2.40. The SMILES string of the molecule is COCCc1nn(Cc2cccc(OC)c2)cc1Nc1ccc(C)c(S(=O)(=O)N2CCOCC2)c1. The summed E-state index contributed by atoms with van der Waals surface area (Å²) in [6.07, 6.45) is 2.55. The molecule has 9 nitrogen and oxygen atoms in total. The third kappa shape index (κ3) is 6.02. The van der Waals surface area contributed by atoms with E-state index in [0.717, 1.165) is 22.7 Å². The fourth-order valence-corrected chi connectivity index (χ4v) is 5.68. The molecule has 0 atom stereocenters. The number of rotatable bonds is 10. The van der Waals surface area contributed by atoms with E-state index in [9.17, 15) is 8.42 Å². The van der Waals surface area contributed by atoms with Crippen molar-refractivity contribution in [1.29, 1.82) is 0 Å². The van der Waals surface area contributed by atoms with Crippen LogP contribution in [-0.4, -0.2) is 69.6 Å². The maximum atomic E-state index is 13.3. The Balaban J connectivity index is 1.60. The quantitative estimate of drug-likeness (QED) is 0.457. The van der Waals surface area contributed by atoms with Crippen molar-refractivity contribution in [3.8, 4) is 5.75 Å². The number of methoxy groups -OCH3 is 2. The summed E-state index contributed by atoms with van der Waals surface area (Å²) in [7, 11) is -0.312. The Labute approximate surface area is 206 Å². The van der Waals surface area contributed by atoms with Crippen LogP contribution in [-0.2, 0) is 32.5 Å². The zero-order chi connectivity index (χ0) is 24.8. The molecule has 4 rings (SSSR count). The van der Waals surface area contributed by atoms with Gasteiger partial charge in [-0.15, -0.1) is 0 Å². The van der Waals surface area contributed by atoms with Gasteiger partial charge in [0.05, 0.1) is 49.8 Å².